The third-order valence-electron chi connectivity index (χ3n) is 4.49. The van der Waals surface area contributed by atoms with E-state index in [1.807, 2.05) is 54.0 Å². The van der Waals surface area contributed by atoms with Gasteiger partial charge in [0.2, 0.25) is 0 Å². The van der Waals surface area contributed by atoms with Crippen LogP contribution in [0.25, 0.3) is 17.1 Å². The lowest BCUT2D eigenvalue weighted by Gasteiger charge is -2.11. The molecule has 0 amide bonds. The molecule has 0 bridgehead atoms. The molecule has 0 saturated carbocycles. The minimum absolute atomic E-state index is 0.00324. The Labute approximate surface area is 188 Å². The molecule has 0 fully saturated rings. The number of carbonyl (C=O) groups is 1. The first-order valence-corrected chi connectivity index (χ1v) is 11.0. The second kappa shape index (κ2) is 9.04. The molecule has 0 radical (unpaired) electrons. The predicted octanol–water partition coefficient (Wildman–Crippen LogP) is 6.52. The standard InChI is InChI=1S/C23H17Cl2N3OS/c1-15-3-2-4-20(13-15)28-22(17-7-11-19(25)12-8-17)26-27-23(28)30-14-21(29)16-5-9-18(24)10-6-16/h2-13H,14H2,1H3. The van der Waals surface area contributed by atoms with Crippen LogP contribution in [0.3, 0.4) is 0 Å². The molecule has 0 spiro atoms. The van der Waals surface area contributed by atoms with Crippen molar-refractivity contribution in [3.8, 4) is 17.1 Å². The van der Waals surface area contributed by atoms with Gasteiger partial charge in [0.15, 0.2) is 16.8 Å². The molecule has 0 atom stereocenters. The van der Waals surface area contributed by atoms with E-state index in [1.165, 1.54) is 11.8 Å². The van der Waals surface area contributed by atoms with Gasteiger partial charge in [0.05, 0.1) is 5.75 Å². The van der Waals surface area contributed by atoms with E-state index in [1.54, 1.807) is 24.3 Å². The number of carbonyl (C=O) groups excluding carboxylic acids is 1. The number of benzene rings is 3. The fourth-order valence-electron chi connectivity index (χ4n) is 3.00. The van der Waals surface area contributed by atoms with Gasteiger partial charge in [0.25, 0.3) is 0 Å². The Morgan fingerprint density at radius 1 is 0.933 bits per heavy atom. The Morgan fingerprint density at radius 2 is 1.60 bits per heavy atom. The molecule has 7 heteroatoms. The van der Waals surface area contributed by atoms with Gasteiger partial charge in [-0.15, -0.1) is 10.2 Å². The highest BCUT2D eigenvalue weighted by Crippen LogP contribution is 2.29. The SMILES string of the molecule is Cc1cccc(-n2c(SCC(=O)c3ccc(Cl)cc3)nnc2-c2ccc(Cl)cc2)c1. The normalized spacial score (nSPS) is 10.9. The third kappa shape index (κ3) is 4.59. The number of Topliss-reactive ketones (excluding diaryl/α,β-unsaturated/α-hetero) is 1. The Bertz CT molecular complexity index is 1190. The number of aromatic nitrogens is 3. The van der Waals surface area contributed by atoms with Crippen LogP contribution in [0.2, 0.25) is 10.0 Å². The maximum atomic E-state index is 12.6. The minimum Gasteiger partial charge on any atom is -0.293 e. The number of hydrogen-bond donors (Lipinski definition) is 0. The monoisotopic (exact) mass is 453 g/mol. The predicted molar refractivity (Wildman–Crippen MR) is 123 cm³/mol. The van der Waals surface area contributed by atoms with Crippen LogP contribution < -0.4 is 0 Å². The summed E-state index contributed by atoms with van der Waals surface area (Å²) in [7, 11) is 0. The second-order valence-corrected chi connectivity index (χ2v) is 8.52. The summed E-state index contributed by atoms with van der Waals surface area (Å²) in [5, 5.41) is 10.7. The molecule has 0 aliphatic carbocycles. The van der Waals surface area contributed by atoms with Gasteiger partial charge in [-0.05, 0) is 73.2 Å². The summed E-state index contributed by atoms with van der Waals surface area (Å²) in [6.07, 6.45) is 0. The number of nitrogens with zero attached hydrogens (tertiary/aromatic N) is 3. The van der Waals surface area contributed by atoms with Crippen molar-refractivity contribution in [3.05, 3.63) is 94.0 Å². The lowest BCUT2D eigenvalue weighted by Crippen LogP contribution is -2.05. The van der Waals surface area contributed by atoms with E-state index < -0.39 is 0 Å². The molecule has 1 aromatic heterocycles. The molecular weight excluding hydrogens is 437 g/mol. The molecule has 4 aromatic rings. The number of rotatable bonds is 6. The molecular formula is C23H17Cl2N3OS. The second-order valence-electron chi connectivity index (χ2n) is 6.71. The summed E-state index contributed by atoms with van der Waals surface area (Å²) in [6, 6.07) is 22.4. The zero-order valence-corrected chi connectivity index (χ0v) is 18.4. The number of aryl methyl sites for hydroxylation is 1. The molecule has 0 saturated heterocycles. The van der Waals surface area contributed by atoms with Crippen molar-refractivity contribution in [2.24, 2.45) is 0 Å². The molecule has 4 nitrogen and oxygen atoms in total. The minimum atomic E-state index is 0.00324. The van der Waals surface area contributed by atoms with Gasteiger partial charge in [-0.25, -0.2) is 0 Å². The Balaban J connectivity index is 1.68. The first kappa shape index (κ1) is 20.7. The number of halogens is 2. The lowest BCUT2D eigenvalue weighted by molar-refractivity contribution is 0.102. The molecule has 0 aliphatic rings. The molecule has 30 heavy (non-hydrogen) atoms. The van der Waals surface area contributed by atoms with Gasteiger partial charge in [0, 0.05) is 26.9 Å². The lowest BCUT2D eigenvalue weighted by atomic mass is 10.1. The highest BCUT2D eigenvalue weighted by atomic mass is 35.5. The quantitative estimate of drug-likeness (QED) is 0.246. The van der Waals surface area contributed by atoms with E-state index in [0.717, 1.165) is 16.8 Å². The summed E-state index contributed by atoms with van der Waals surface area (Å²) in [5.74, 6) is 0.939. The van der Waals surface area contributed by atoms with Crippen molar-refractivity contribution in [1.82, 2.24) is 14.8 Å². The zero-order valence-electron chi connectivity index (χ0n) is 16.0. The maximum Gasteiger partial charge on any atom is 0.196 e. The Kier molecular flexibility index (Phi) is 6.23. The van der Waals surface area contributed by atoms with Gasteiger partial charge in [-0.2, -0.15) is 0 Å². The van der Waals surface area contributed by atoms with Crippen molar-refractivity contribution >= 4 is 40.7 Å². The molecule has 1 heterocycles. The Hall–Kier alpha value is -2.60. The number of ketones is 1. The number of hydrogen-bond acceptors (Lipinski definition) is 4. The topological polar surface area (TPSA) is 47.8 Å². The average Bonchev–Trinajstić information content (AvgIpc) is 3.17. The van der Waals surface area contributed by atoms with Crippen molar-refractivity contribution in [2.75, 3.05) is 5.75 Å². The van der Waals surface area contributed by atoms with E-state index in [2.05, 4.69) is 16.3 Å². The average molecular weight is 454 g/mol. The van der Waals surface area contributed by atoms with E-state index in [9.17, 15) is 4.79 Å². The number of thioether (sulfide) groups is 1. The maximum absolute atomic E-state index is 12.6. The highest BCUT2D eigenvalue weighted by Gasteiger charge is 2.18. The van der Waals surface area contributed by atoms with Gasteiger partial charge >= 0.3 is 0 Å². The van der Waals surface area contributed by atoms with Crippen molar-refractivity contribution in [3.63, 3.8) is 0 Å². The van der Waals surface area contributed by atoms with Crippen LogP contribution in [0.5, 0.6) is 0 Å². The molecule has 4 rings (SSSR count). The summed E-state index contributed by atoms with van der Waals surface area (Å²) in [5.41, 5.74) is 3.57. The summed E-state index contributed by atoms with van der Waals surface area (Å²) in [4.78, 5) is 12.6. The van der Waals surface area contributed by atoms with Crippen LogP contribution in [-0.4, -0.2) is 26.3 Å². The summed E-state index contributed by atoms with van der Waals surface area (Å²) in [6.45, 7) is 2.03. The molecule has 0 unspecified atom stereocenters. The van der Waals surface area contributed by atoms with Crippen LogP contribution in [0.1, 0.15) is 15.9 Å². The van der Waals surface area contributed by atoms with Crippen molar-refractivity contribution in [2.45, 2.75) is 12.1 Å². The fourth-order valence-corrected chi connectivity index (χ4v) is 4.10. The highest BCUT2D eigenvalue weighted by molar-refractivity contribution is 7.99. The van der Waals surface area contributed by atoms with Crippen molar-refractivity contribution < 1.29 is 4.79 Å². The zero-order chi connectivity index (χ0) is 21.1. The fraction of sp³-hybridized carbons (Fsp3) is 0.0870. The van der Waals surface area contributed by atoms with Gasteiger partial charge < -0.3 is 0 Å². The first-order valence-electron chi connectivity index (χ1n) is 9.21. The molecule has 150 valence electrons. The third-order valence-corrected chi connectivity index (χ3v) is 5.93. The Morgan fingerprint density at radius 3 is 2.27 bits per heavy atom. The van der Waals surface area contributed by atoms with Crippen molar-refractivity contribution in [1.29, 1.82) is 0 Å². The van der Waals surface area contributed by atoms with Gasteiger partial charge in [-0.1, -0.05) is 47.1 Å². The van der Waals surface area contributed by atoms with Crippen LogP contribution >= 0.6 is 35.0 Å². The largest absolute Gasteiger partial charge is 0.293 e. The molecule has 3 aromatic carbocycles. The van der Waals surface area contributed by atoms with E-state index in [-0.39, 0.29) is 11.5 Å². The molecule has 0 N–H and O–H groups in total. The van der Waals surface area contributed by atoms with E-state index in [0.29, 0.717) is 26.6 Å². The smallest absolute Gasteiger partial charge is 0.196 e. The van der Waals surface area contributed by atoms with Crippen LogP contribution in [0.15, 0.2) is 78.0 Å². The van der Waals surface area contributed by atoms with Crippen LogP contribution in [0.4, 0.5) is 0 Å². The van der Waals surface area contributed by atoms with Crippen LogP contribution in [0, 0.1) is 6.92 Å². The first-order chi connectivity index (χ1) is 14.5. The van der Waals surface area contributed by atoms with E-state index in [4.69, 9.17) is 23.2 Å². The van der Waals surface area contributed by atoms with E-state index >= 15 is 0 Å². The van der Waals surface area contributed by atoms with Gasteiger partial charge in [0.1, 0.15) is 0 Å². The molecule has 0 aliphatic heterocycles. The van der Waals surface area contributed by atoms with Crippen LogP contribution in [-0.2, 0) is 0 Å². The van der Waals surface area contributed by atoms with Gasteiger partial charge in [-0.3, -0.25) is 9.36 Å². The summed E-state index contributed by atoms with van der Waals surface area (Å²) >= 11 is 13.3. The summed E-state index contributed by atoms with van der Waals surface area (Å²) < 4.78 is 1.97.